The number of phosphoric ester groups is 1. The number of aliphatic hydroxyl groups excluding tert-OH is 1. The van der Waals surface area contributed by atoms with Crippen molar-refractivity contribution in [2.75, 3.05) is 40.9 Å². The molecule has 56 heavy (non-hydrogen) atoms. The van der Waals surface area contributed by atoms with Gasteiger partial charge in [-0.25, -0.2) is 0 Å². The van der Waals surface area contributed by atoms with Crippen molar-refractivity contribution in [2.45, 2.75) is 231 Å². The minimum Gasteiger partial charge on any atom is -0.756 e. The maximum absolute atomic E-state index is 12.9. The van der Waals surface area contributed by atoms with Crippen molar-refractivity contribution in [2.24, 2.45) is 0 Å². The van der Waals surface area contributed by atoms with E-state index in [4.69, 9.17) is 9.05 Å². The predicted molar refractivity (Wildman–Crippen MR) is 238 cm³/mol. The number of hydrogen-bond acceptors (Lipinski definition) is 6. The Balaban J connectivity index is 4.20. The Hall–Kier alpha value is -1.02. The average Bonchev–Trinajstić information content (AvgIpc) is 3.15. The molecule has 1 amide bonds. The number of carbonyl (C=O) groups is 1. The highest BCUT2D eigenvalue weighted by Crippen LogP contribution is 2.38. The van der Waals surface area contributed by atoms with Gasteiger partial charge in [-0.05, 0) is 44.9 Å². The Bertz CT molecular complexity index is 969. The molecule has 332 valence electrons. The van der Waals surface area contributed by atoms with Crippen LogP contribution in [0.2, 0.25) is 0 Å². The van der Waals surface area contributed by atoms with Crippen molar-refractivity contribution in [3.8, 4) is 0 Å². The van der Waals surface area contributed by atoms with Crippen LogP contribution in [-0.2, 0) is 18.4 Å². The summed E-state index contributed by atoms with van der Waals surface area (Å²) >= 11 is 0. The van der Waals surface area contributed by atoms with Gasteiger partial charge in [-0.3, -0.25) is 9.36 Å². The molecule has 0 aliphatic heterocycles. The van der Waals surface area contributed by atoms with Gasteiger partial charge in [-0.15, -0.1) is 0 Å². The largest absolute Gasteiger partial charge is 0.756 e. The monoisotopic (exact) mass is 813 g/mol. The van der Waals surface area contributed by atoms with Gasteiger partial charge in [0, 0.05) is 6.42 Å². The highest BCUT2D eigenvalue weighted by molar-refractivity contribution is 7.45. The number of amides is 1. The zero-order chi connectivity index (χ0) is 41.4. The molecule has 0 heterocycles. The minimum absolute atomic E-state index is 0.0125. The number of quaternary nitrogens is 1. The molecule has 8 nitrogen and oxygen atoms in total. The maximum Gasteiger partial charge on any atom is 0.268 e. The second-order valence-electron chi connectivity index (χ2n) is 17.5. The average molecular weight is 813 g/mol. The van der Waals surface area contributed by atoms with Gasteiger partial charge in [0.15, 0.2) is 0 Å². The van der Waals surface area contributed by atoms with Crippen molar-refractivity contribution in [3.05, 3.63) is 24.3 Å². The first-order valence-electron chi connectivity index (χ1n) is 23.7. The smallest absolute Gasteiger partial charge is 0.268 e. The fourth-order valence-corrected chi connectivity index (χ4v) is 7.62. The van der Waals surface area contributed by atoms with Crippen LogP contribution in [-0.4, -0.2) is 68.5 Å². The van der Waals surface area contributed by atoms with E-state index >= 15 is 0 Å². The zero-order valence-electron chi connectivity index (χ0n) is 37.6. The molecule has 0 aliphatic rings. The molecular weight excluding hydrogens is 719 g/mol. The summed E-state index contributed by atoms with van der Waals surface area (Å²) in [7, 11) is 1.31. The van der Waals surface area contributed by atoms with E-state index in [0.29, 0.717) is 23.9 Å². The molecule has 2 N–H and O–H groups in total. The number of hydrogen-bond donors (Lipinski definition) is 2. The van der Waals surface area contributed by atoms with Crippen molar-refractivity contribution in [1.82, 2.24) is 5.32 Å². The summed E-state index contributed by atoms with van der Waals surface area (Å²) in [5, 5.41) is 13.9. The molecule has 3 unspecified atom stereocenters. The lowest BCUT2D eigenvalue weighted by Crippen LogP contribution is -2.46. The Morgan fingerprint density at radius 1 is 0.625 bits per heavy atom. The molecule has 0 saturated carbocycles. The van der Waals surface area contributed by atoms with Crippen LogP contribution in [0, 0.1) is 0 Å². The first-order chi connectivity index (χ1) is 27.0. The summed E-state index contributed by atoms with van der Waals surface area (Å²) in [6.45, 7) is 4.70. The van der Waals surface area contributed by atoms with Crippen molar-refractivity contribution in [1.29, 1.82) is 0 Å². The van der Waals surface area contributed by atoms with Crippen molar-refractivity contribution < 1.29 is 32.9 Å². The number of nitrogens with one attached hydrogen (secondary N) is 1. The third-order valence-corrected chi connectivity index (χ3v) is 11.7. The van der Waals surface area contributed by atoms with Crippen LogP contribution in [0.4, 0.5) is 0 Å². The Morgan fingerprint density at radius 3 is 1.48 bits per heavy atom. The van der Waals surface area contributed by atoms with Gasteiger partial charge in [0.05, 0.1) is 39.9 Å². The molecule has 0 spiro atoms. The molecule has 0 aromatic heterocycles. The molecule has 0 fully saturated rings. The van der Waals surface area contributed by atoms with Crippen LogP contribution in [0.25, 0.3) is 0 Å². The number of nitrogens with zero attached hydrogens (tertiary/aromatic N) is 1. The second-order valence-corrected chi connectivity index (χ2v) is 18.9. The first kappa shape index (κ1) is 55.0. The summed E-state index contributed by atoms with van der Waals surface area (Å²) in [6.07, 6.45) is 46.1. The van der Waals surface area contributed by atoms with Gasteiger partial charge in [0.1, 0.15) is 13.2 Å². The summed E-state index contributed by atoms with van der Waals surface area (Å²) in [4.78, 5) is 25.3. The van der Waals surface area contributed by atoms with E-state index < -0.39 is 20.0 Å². The molecule has 0 radical (unpaired) electrons. The van der Waals surface area contributed by atoms with Crippen LogP contribution in [0.5, 0.6) is 0 Å². The van der Waals surface area contributed by atoms with Crippen LogP contribution in [0.15, 0.2) is 24.3 Å². The second kappa shape index (κ2) is 39.4. The van der Waals surface area contributed by atoms with Gasteiger partial charge in [-0.2, -0.15) is 0 Å². The van der Waals surface area contributed by atoms with E-state index in [1.54, 1.807) is 0 Å². The lowest BCUT2D eigenvalue weighted by atomic mass is 10.0. The Morgan fingerprint density at radius 2 is 1.04 bits per heavy atom. The number of allylic oxidation sites excluding steroid dienone is 4. The van der Waals surface area contributed by atoms with Gasteiger partial charge >= 0.3 is 0 Å². The molecule has 0 aliphatic carbocycles. The van der Waals surface area contributed by atoms with Crippen molar-refractivity contribution >= 4 is 13.7 Å². The summed E-state index contributed by atoms with van der Waals surface area (Å²) in [6, 6.07) is -0.798. The van der Waals surface area contributed by atoms with Gasteiger partial charge in [-0.1, -0.05) is 192 Å². The van der Waals surface area contributed by atoms with Gasteiger partial charge < -0.3 is 28.8 Å². The highest BCUT2D eigenvalue weighted by Gasteiger charge is 2.24. The van der Waals surface area contributed by atoms with E-state index in [2.05, 4.69) is 43.5 Å². The number of unbranched alkanes of at least 4 members (excludes halogenated alkanes) is 26. The van der Waals surface area contributed by atoms with Crippen LogP contribution >= 0.6 is 7.82 Å². The number of carbonyl (C=O) groups excluding carboxylic acids is 1. The lowest BCUT2D eigenvalue weighted by molar-refractivity contribution is -0.870. The number of phosphoric acid groups is 1. The standard InChI is InChI=1S/C47H93N2O6P/c1-6-8-10-12-14-16-18-19-20-21-22-23-24-25-26-27-28-29-31-33-35-37-39-41-47(51)48-45(44-55-56(52,53)54-43-42-49(3,4)5)46(50)40-38-36-34-32-30-17-15-13-11-9-7-2/h18-19,21-22,45-46,50H,6-17,20,23-44H2,1-5H3,(H-,48,51,52,53)/b19-18-,22-21-. The van der Waals surface area contributed by atoms with E-state index in [1.165, 1.54) is 148 Å². The Labute approximate surface area is 347 Å². The molecule has 3 atom stereocenters. The number of aliphatic hydroxyl groups is 1. The van der Waals surface area contributed by atoms with E-state index in [9.17, 15) is 19.4 Å². The number of likely N-dealkylation sites (N-methyl/N-ethyl adjacent to an activating group) is 1. The molecule has 0 aromatic rings. The van der Waals surface area contributed by atoms with Crippen LogP contribution in [0.3, 0.4) is 0 Å². The third kappa shape index (κ3) is 41.2. The molecule has 9 heteroatoms. The maximum atomic E-state index is 12.9. The van der Waals surface area contributed by atoms with Crippen LogP contribution in [0.1, 0.15) is 219 Å². The zero-order valence-corrected chi connectivity index (χ0v) is 38.5. The molecule has 0 bridgehead atoms. The van der Waals surface area contributed by atoms with Gasteiger partial charge in [0.25, 0.3) is 7.82 Å². The van der Waals surface area contributed by atoms with Gasteiger partial charge in [0.2, 0.25) is 5.91 Å². The lowest BCUT2D eigenvalue weighted by Gasteiger charge is -2.30. The fourth-order valence-electron chi connectivity index (χ4n) is 6.89. The fraction of sp³-hybridized carbons (Fsp3) is 0.894. The SMILES string of the molecule is CCCCCCC/C=C\C/C=C\CCCCCCCCCCCCCC(=O)NC(COP(=O)([O-])OCC[N+](C)(C)C)C(O)CCCCCCCCCCCCC. The quantitative estimate of drug-likeness (QED) is 0.0275. The summed E-state index contributed by atoms with van der Waals surface area (Å²) in [5.41, 5.74) is 0. The highest BCUT2D eigenvalue weighted by atomic mass is 31.2. The minimum atomic E-state index is -4.56. The van der Waals surface area contributed by atoms with Crippen LogP contribution < -0.4 is 10.2 Å². The van der Waals surface area contributed by atoms with E-state index in [-0.39, 0.29) is 19.1 Å². The van der Waals surface area contributed by atoms with E-state index in [0.717, 1.165) is 44.9 Å². The topological polar surface area (TPSA) is 108 Å². The predicted octanol–water partition coefficient (Wildman–Crippen LogP) is 12.7. The molecular formula is C47H93N2O6P. The molecule has 0 rings (SSSR count). The van der Waals surface area contributed by atoms with E-state index in [1.807, 2.05) is 21.1 Å². The normalized spacial score (nSPS) is 14.5. The molecule has 0 saturated heterocycles. The summed E-state index contributed by atoms with van der Waals surface area (Å²) in [5.74, 6) is -0.168. The third-order valence-electron chi connectivity index (χ3n) is 10.7. The summed E-state index contributed by atoms with van der Waals surface area (Å²) < 4.78 is 23.3. The first-order valence-corrected chi connectivity index (χ1v) is 25.1. The molecule has 0 aromatic carbocycles. The Kier molecular flexibility index (Phi) is 38.7. The number of rotatable bonds is 43. The van der Waals surface area contributed by atoms with Crippen molar-refractivity contribution in [3.63, 3.8) is 0 Å².